The summed E-state index contributed by atoms with van der Waals surface area (Å²) >= 11 is 1.70. The molecule has 0 unspecified atom stereocenters. The lowest BCUT2D eigenvalue weighted by atomic mass is 10.1. The molecule has 3 aromatic rings. The van der Waals surface area contributed by atoms with E-state index >= 15 is 0 Å². The Morgan fingerprint density at radius 1 is 1.17 bits per heavy atom. The highest BCUT2D eigenvalue weighted by molar-refractivity contribution is 7.09. The van der Waals surface area contributed by atoms with Gasteiger partial charge in [0.2, 0.25) is 5.91 Å². The fourth-order valence-electron chi connectivity index (χ4n) is 3.06. The number of aryl methyl sites for hydroxylation is 1. The van der Waals surface area contributed by atoms with E-state index in [0.717, 1.165) is 12.8 Å². The Hall–Kier alpha value is -2.90. The molecule has 0 spiro atoms. The van der Waals surface area contributed by atoms with E-state index in [1.165, 1.54) is 4.88 Å². The number of hydrogen-bond donors (Lipinski definition) is 1. The summed E-state index contributed by atoms with van der Waals surface area (Å²) in [5.41, 5.74) is 1.13. The lowest BCUT2D eigenvalue weighted by Gasteiger charge is -2.21. The maximum Gasteiger partial charge on any atom is 0.254 e. The van der Waals surface area contributed by atoms with Crippen LogP contribution in [0.2, 0.25) is 0 Å². The number of rotatable bonds is 11. The highest BCUT2D eigenvalue weighted by atomic mass is 32.1. The van der Waals surface area contributed by atoms with E-state index in [0.29, 0.717) is 43.1 Å². The van der Waals surface area contributed by atoms with Crippen molar-refractivity contribution in [3.05, 3.63) is 76.4 Å². The second kappa shape index (κ2) is 11.3. The molecule has 3 rings (SSSR count). The van der Waals surface area contributed by atoms with Crippen LogP contribution in [0, 0.1) is 0 Å². The maximum absolute atomic E-state index is 13.0. The summed E-state index contributed by atoms with van der Waals surface area (Å²) in [5, 5.41) is 4.94. The topological polar surface area (TPSA) is 71.8 Å². The van der Waals surface area contributed by atoms with Gasteiger partial charge in [-0.25, -0.2) is 0 Å². The quantitative estimate of drug-likeness (QED) is 0.487. The SMILES string of the molecule is COCCN(Cc1ccco1)C(=O)c1cccc(NC(=O)CCCc2cccs2)c1. The van der Waals surface area contributed by atoms with Crippen molar-refractivity contribution in [3.63, 3.8) is 0 Å². The molecule has 0 aliphatic heterocycles. The van der Waals surface area contributed by atoms with Crippen LogP contribution in [0.1, 0.15) is 33.8 Å². The predicted octanol–water partition coefficient (Wildman–Crippen LogP) is 4.59. The van der Waals surface area contributed by atoms with Gasteiger partial charge in [-0.1, -0.05) is 12.1 Å². The average molecular weight is 427 g/mol. The zero-order chi connectivity index (χ0) is 21.2. The summed E-state index contributed by atoms with van der Waals surface area (Å²) < 4.78 is 10.5. The fraction of sp³-hybridized carbons (Fsp3) is 0.304. The number of amides is 2. The number of furan rings is 1. The lowest BCUT2D eigenvalue weighted by Crippen LogP contribution is -2.33. The molecule has 0 radical (unpaired) electrons. The number of anilines is 1. The monoisotopic (exact) mass is 426 g/mol. The second-order valence-electron chi connectivity index (χ2n) is 6.86. The van der Waals surface area contributed by atoms with Crippen molar-refractivity contribution >= 4 is 28.8 Å². The number of methoxy groups -OCH3 is 1. The highest BCUT2D eigenvalue weighted by Gasteiger charge is 2.18. The van der Waals surface area contributed by atoms with E-state index < -0.39 is 0 Å². The molecule has 0 bridgehead atoms. The molecule has 2 amide bonds. The van der Waals surface area contributed by atoms with Crippen LogP contribution in [-0.2, 0) is 22.5 Å². The molecule has 1 aromatic carbocycles. The first kappa shape index (κ1) is 21.8. The number of nitrogens with one attached hydrogen (secondary N) is 1. The Morgan fingerprint density at radius 3 is 2.80 bits per heavy atom. The van der Waals surface area contributed by atoms with Crippen LogP contribution in [0.5, 0.6) is 0 Å². The molecule has 0 atom stereocenters. The third-order valence-electron chi connectivity index (χ3n) is 4.58. The Morgan fingerprint density at radius 2 is 2.07 bits per heavy atom. The van der Waals surface area contributed by atoms with Crippen LogP contribution in [0.25, 0.3) is 0 Å². The summed E-state index contributed by atoms with van der Waals surface area (Å²) in [6.45, 7) is 1.22. The van der Waals surface area contributed by atoms with E-state index in [1.54, 1.807) is 59.9 Å². The first-order chi connectivity index (χ1) is 14.7. The van der Waals surface area contributed by atoms with E-state index in [9.17, 15) is 9.59 Å². The molecule has 2 aromatic heterocycles. The van der Waals surface area contributed by atoms with Crippen LogP contribution >= 0.6 is 11.3 Å². The minimum atomic E-state index is -0.141. The molecule has 158 valence electrons. The number of carbonyl (C=O) groups excluding carboxylic acids is 2. The largest absolute Gasteiger partial charge is 0.467 e. The van der Waals surface area contributed by atoms with Gasteiger partial charge < -0.3 is 19.4 Å². The van der Waals surface area contributed by atoms with Gasteiger partial charge in [-0.2, -0.15) is 0 Å². The number of hydrogen-bond acceptors (Lipinski definition) is 5. The van der Waals surface area contributed by atoms with Crippen molar-refractivity contribution in [2.45, 2.75) is 25.8 Å². The molecule has 2 heterocycles. The van der Waals surface area contributed by atoms with Crippen LogP contribution in [0.15, 0.2) is 64.6 Å². The summed E-state index contributed by atoms with van der Waals surface area (Å²) in [4.78, 5) is 28.3. The van der Waals surface area contributed by atoms with Gasteiger partial charge in [0.15, 0.2) is 0 Å². The van der Waals surface area contributed by atoms with E-state index in [-0.39, 0.29) is 11.8 Å². The van der Waals surface area contributed by atoms with Gasteiger partial charge in [0, 0.05) is 36.2 Å². The summed E-state index contributed by atoms with van der Waals surface area (Å²) in [5.74, 6) is 0.509. The molecule has 30 heavy (non-hydrogen) atoms. The predicted molar refractivity (Wildman–Crippen MR) is 118 cm³/mol. The van der Waals surface area contributed by atoms with Crippen LogP contribution in [0.3, 0.4) is 0 Å². The van der Waals surface area contributed by atoms with Gasteiger partial charge >= 0.3 is 0 Å². The van der Waals surface area contributed by atoms with Crippen molar-refractivity contribution in [3.8, 4) is 0 Å². The van der Waals surface area contributed by atoms with E-state index in [2.05, 4.69) is 11.4 Å². The van der Waals surface area contributed by atoms with Crippen molar-refractivity contribution in [1.82, 2.24) is 4.90 Å². The Labute approximate surface area is 180 Å². The summed E-state index contributed by atoms with van der Waals surface area (Å²) in [6, 6.07) is 14.7. The maximum atomic E-state index is 13.0. The Kier molecular flexibility index (Phi) is 8.23. The fourth-order valence-corrected chi connectivity index (χ4v) is 3.81. The van der Waals surface area contributed by atoms with E-state index in [4.69, 9.17) is 9.15 Å². The minimum Gasteiger partial charge on any atom is -0.467 e. The van der Waals surface area contributed by atoms with Crippen molar-refractivity contribution in [1.29, 1.82) is 0 Å². The Balaban J connectivity index is 1.59. The number of nitrogens with zero attached hydrogens (tertiary/aromatic N) is 1. The van der Waals surface area contributed by atoms with Gasteiger partial charge in [0.1, 0.15) is 5.76 Å². The molecule has 0 saturated heterocycles. The van der Waals surface area contributed by atoms with Gasteiger partial charge in [0.25, 0.3) is 5.91 Å². The smallest absolute Gasteiger partial charge is 0.254 e. The zero-order valence-electron chi connectivity index (χ0n) is 17.0. The number of benzene rings is 1. The highest BCUT2D eigenvalue weighted by Crippen LogP contribution is 2.16. The number of carbonyl (C=O) groups is 2. The molecular weight excluding hydrogens is 400 g/mol. The van der Waals surface area contributed by atoms with Gasteiger partial charge in [-0.3, -0.25) is 9.59 Å². The summed E-state index contributed by atoms with van der Waals surface area (Å²) in [6.07, 6.45) is 3.71. The molecule has 7 heteroatoms. The summed E-state index contributed by atoms with van der Waals surface area (Å²) in [7, 11) is 1.60. The van der Waals surface area contributed by atoms with Crippen LogP contribution in [-0.4, -0.2) is 37.0 Å². The standard InChI is InChI=1S/C23H26N2O4S/c1-28-14-12-25(17-20-8-4-13-29-20)23(27)18-6-2-7-19(16-18)24-22(26)11-3-9-21-10-5-15-30-21/h2,4-8,10,13,15-16H,3,9,11-12,14,17H2,1H3,(H,24,26). The molecule has 6 nitrogen and oxygen atoms in total. The number of ether oxygens (including phenoxy) is 1. The number of thiophene rings is 1. The third kappa shape index (κ3) is 6.57. The second-order valence-corrected chi connectivity index (χ2v) is 7.89. The Bertz CT molecular complexity index is 923. The van der Waals surface area contributed by atoms with E-state index in [1.807, 2.05) is 17.5 Å². The molecule has 0 fully saturated rings. The third-order valence-corrected chi connectivity index (χ3v) is 5.52. The van der Waals surface area contributed by atoms with Gasteiger partial charge in [-0.05, 0) is 54.6 Å². The van der Waals surface area contributed by atoms with Gasteiger partial charge in [-0.15, -0.1) is 11.3 Å². The van der Waals surface area contributed by atoms with Crippen molar-refractivity contribution in [2.24, 2.45) is 0 Å². The first-order valence-electron chi connectivity index (χ1n) is 9.88. The van der Waals surface area contributed by atoms with Gasteiger partial charge in [0.05, 0.1) is 19.4 Å². The molecule has 1 N–H and O–H groups in total. The first-order valence-corrected chi connectivity index (χ1v) is 10.8. The molecule has 0 aliphatic carbocycles. The average Bonchev–Trinajstić information content (AvgIpc) is 3.45. The molecule has 0 aliphatic rings. The molecule has 0 saturated carbocycles. The lowest BCUT2D eigenvalue weighted by molar-refractivity contribution is -0.116. The minimum absolute atomic E-state index is 0.0528. The van der Waals surface area contributed by atoms with Crippen LogP contribution < -0.4 is 5.32 Å². The van der Waals surface area contributed by atoms with Crippen molar-refractivity contribution in [2.75, 3.05) is 25.6 Å². The zero-order valence-corrected chi connectivity index (χ0v) is 17.8. The van der Waals surface area contributed by atoms with Crippen LogP contribution in [0.4, 0.5) is 5.69 Å². The molecular formula is C23H26N2O4S. The van der Waals surface area contributed by atoms with Crippen molar-refractivity contribution < 1.29 is 18.7 Å². The normalized spacial score (nSPS) is 10.7.